The highest BCUT2D eigenvalue weighted by molar-refractivity contribution is 9.10. The number of Topliss-reactive ketones (excluding diaryl/α,β-unsaturated/α-hetero) is 2. The summed E-state index contributed by atoms with van der Waals surface area (Å²) in [6.07, 6.45) is 18.4. The molecule has 0 amide bonds. The number of thiophene rings is 2. The SMILES string of the molecule is CC1(C)OB(c2ccncc2)OC1(C)C.CC[C@H](C)CCCC(=O)Cc1sc2c(c1-c1nc3cc(-c4ccncc4)ccc3s1)CCN(CC)C2.CC[C@H](C)CCCC(=O)Cc1sc2c(c1-c1nc3cc(Br)ccc3s1)CCN(CC)C2. The lowest BCUT2D eigenvalue weighted by atomic mass is 9.80. The van der Waals surface area contributed by atoms with Gasteiger partial charge in [0.1, 0.15) is 21.6 Å². The Labute approximate surface area is 512 Å². The molecule has 82 heavy (non-hydrogen) atoms. The second kappa shape index (κ2) is 28.2. The Morgan fingerprint density at radius 3 is 1.56 bits per heavy atom. The molecule has 3 aliphatic rings. The summed E-state index contributed by atoms with van der Waals surface area (Å²) in [4.78, 5) is 54.5. The van der Waals surface area contributed by atoms with Gasteiger partial charge in [0.05, 0.1) is 31.6 Å². The van der Waals surface area contributed by atoms with E-state index in [4.69, 9.17) is 19.3 Å². The number of aromatic nitrogens is 4. The molecular formula is C66H82BBrN6O4S4. The summed E-state index contributed by atoms with van der Waals surface area (Å²) >= 11 is 10.8. The Balaban J connectivity index is 0.000000160. The average molecular weight is 1240 g/mol. The summed E-state index contributed by atoms with van der Waals surface area (Å²) in [6, 6.07) is 20.8. The molecule has 6 aromatic heterocycles. The predicted molar refractivity (Wildman–Crippen MR) is 350 cm³/mol. The number of carbonyl (C=O) groups is 2. The number of hydrogen-bond acceptors (Lipinski definition) is 14. The fourth-order valence-electron chi connectivity index (χ4n) is 10.8. The highest BCUT2D eigenvalue weighted by Gasteiger charge is 2.51. The lowest BCUT2D eigenvalue weighted by molar-refractivity contribution is -0.119. The number of fused-ring (bicyclic) bond motifs is 4. The van der Waals surface area contributed by atoms with E-state index in [-0.39, 0.29) is 18.3 Å². The fraction of sp³-hybridized carbons (Fsp3) is 0.485. The Bertz CT molecular complexity index is 3410. The van der Waals surface area contributed by atoms with Crippen LogP contribution >= 0.6 is 61.3 Å². The van der Waals surface area contributed by atoms with Gasteiger partial charge in [0.25, 0.3) is 0 Å². The lowest BCUT2D eigenvalue weighted by Crippen LogP contribution is -2.41. The van der Waals surface area contributed by atoms with Gasteiger partial charge in [0, 0.05) is 112 Å². The second-order valence-electron chi connectivity index (χ2n) is 23.5. The van der Waals surface area contributed by atoms with E-state index in [0.29, 0.717) is 49.1 Å². The normalized spacial score (nSPS) is 16.5. The van der Waals surface area contributed by atoms with Gasteiger partial charge in [0.15, 0.2) is 0 Å². The van der Waals surface area contributed by atoms with Crippen molar-refractivity contribution in [2.24, 2.45) is 11.8 Å². The van der Waals surface area contributed by atoms with Crippen LogP contribution in [0.25, 0.3) is 52.7 Å². The molecule has 1 saturated heterocycles. The molecular weight excluding hydrogens is 1160 g/mol. The minimum absolute atomic E-state index is 0.277. The molecule has 2 aromatic carbocycles. The third-order valence-electron chi connectivity index (χ3n) is 17.1. The van der Waals surface area contributed by atoms with Crippen molar-refractivity contribution in [1.82, 2.24) is 29.7 Å². The third-order valence-corrected chi connectivity index (χ3v) is 22.2. The summed E-state index contributed by atoms with van der Waals surface area (Å²) in [5, 5.41) is 2.15. The van der Waals surface area contributed by atoms with E-state index in [1.165, 1.54) is 64.0 Å². The van der Waals surface area contributed by atoms with Crippen LogP contribution in [0.2, 0.25) is 0 Å². The number of halogens is 1. The predicted octanol–water partition coefficient (Wildman–Crippen LogP) is 16.7. The first-order valence-corrected chi connectivity index (χ1v) is 33.9. The van der Waals surface area contributed by atoms with E-state index in [2.05, 4.69) is 114 Å². The average Bonchev–Trinajstić information content (AvgIpc) is 3.69. The Morgan fingerprint density at radius 2 is 1.09 bits per heavy atom. The van der Waals surface area contributed by atoms with E-state index >= 15 is 0 Å². The molecule has 0 unspecified atom stereocenters. The first kappa shape index (κ1) is 62.2. The van der Waals surface area contributed by atoms with Crippen LogP contribution in [0.3, 0.4) is 0 Å². The number of ketones is 2. The molecule has 16 heteroatoms. The molecule has 11 rings (SSSR count). The van der Waals surface area contributed by atoms with Gasteiger partial charge in [-0.3, -0.25) is 29.4 Å². The maximum absolute atomic E-state index is 13.0. The molecule has 0 radical (unpaired) electrons. The van der Waals surface area contributed by atoms with Crippen LogP contribution in [0, 0.1) is 11.8 Å². The molecule has 8 aromatic rings. The maximum Gasteiger partial charge on any atom is 0.494 e. The van der Waals surface area contributed by atoms with Crippen LogP contribution < -0.4 is 5.46 Å². The van der Waals surface area contributed by atoms with Crippen LogP contribution in [0.4, 0.5) is 0 Å². The first-order chi connectivity index (χ1) is 39.5. The van der Waals surface area contributed by atoms with E-state index in [1.807, 2.05) is 87.0 Å². The topological polar surface area (TPSA) is 111 Å². The molecule has 0 saturated carbocycles. The summed E-state index contributed by atoms with van der Waals surface area (Å²) < 4.78 is 15.3. The molecule has 434 valence electrons. The van der Waals surface area contributed by atoms with E-state index in [0.717, 1.165) is 120 Å². The molecule has 0 aliphatic carbocycles. The molecule has 1 fully saturated rings. The smallest absolute Gasteiger partial charge is 0.399 e. The van der Waals surface area contributed by atoms with Crippen molar-refractivity contribution in [3.8, 4) is 32.3 Å². The van der Waals surface area contributed by atoms with Gasteiger partial charge in [-0.25, -0.2) is 9.97 Å². The Morgan fingerprint density at radius 1 is 0.622 bits per heavy atom. The molecule has 0 bridgehead atoms. The van der Waals surface area contributed by atoms with Gasteiger partial charge in [-0.05, 0) is 161 Å². The van der Waals surface area contributed by atoms with Gasteiger partial charge >= 0.3 is 7.12 Å². The van der Waals surface area contributed by atoms with Gasteiger partial charge in [0.2, 0.25) is 0 Å². The number of likely N-dealkylation sites (N-methyl/N-ethyl adjacent to an activating group) is 2. The van der Waals surface area contributed by atoms with Gasteiger partial charge < -0.3 is 9.31 Å². The van der Waals surface area contributed by atoms with Crippen molar-refractivity contribution in [3.63, 3.8) is 0 Å². The summed E-state index contributed by atoms with van der Waals surface area (Å²) in [7, 11) is -0.280. The van der Waals surface area contributed by atoms with E-state index < -0.39 is 0 Å². The second-order valence-corrected chi connectivity index (χ2v) is 28.9. The molecule has 9 heterocycles. The maximum atomic E-state index is 13.0. The highest BCUT2D eigenvalue weighted by Crippen LogP contribution is 2.45. The Hall–Kier alpha value is -4.36. The molecule has 2 atom stereocenters. The number of pyridine rings is 2. The van der Waals surface area contributed by atoms with E-state index in [1.54, 1.807) is 35.1 Å². The van der Waals surface area contributed by atoms with Gasteiger partial charge in [-0.1, -0.05) is 89.2 Å². The van der Waals surface area contributed by atoms with Crippen LogP contribution in [0.1, 0.15) is 151 Å². The minimum atomic E-state index is -0.280. The van der Waals surface area contributed by atoms with Gasteiger partial charge in [-0.2, -0.15) is 0 Å². The standard InChI is InChI=1S/C30H35N3OS2.C25H31BrN2OS2.C11H16BNO2/c1-4-20(3)7-6-8-23(34)18-27-29(24-13-16-33(5-2)19-28(24)35-27)30-32-25-17-22(9-10-26(25)36-30)21-11-14-31-15-12-21;1-4-16(3)7-6-8-18(29)14-22-24(19-11-12-28(5-2)15-23(19)30-22)25-27-20-13-17(26)9-10-21(20)31-25;1-10(2)11(3,4)15-12(14-10)9-5-7-13-8-6-9/h9-12,14-15,17,20H,4-8,13,16,18-19H2,1-3H3;9-10,13,16H,4-8,11-12,14-15H2,1-3H3;5-8H,1-4H3/t20-;16-;/m00./s1. The number of nitrogens with zero attached hydrogens (tertiary/aromatic N) is 6. The molecule has 3 aliphatic heterocycles. The van der Waals surface area contributed by atoms with Crippen molar-refractivity contribution in [3.05, 3.63) is 121 Å². The molecule has 0 N–H and O–H groups in total. The van der Waals surface area contributed by atoms with E-state index in [9.17, 15) is 9.59 Å². The molecule has 0 spiro atoms. The Kier molecular flexibility index (Phi) is 21.4. The largest absolute Gasteiger partial charge is 0.494 e. The highest BCUT2D eigenvalue weighted by atomic mass is 79.9. The number of rotatable bonds is 20. The number of hydrogen-bond donors (Lipinski definition) is 0. The van der Waals surface area contributed by atoms with Crippen LogP contribution in [0.15, 0.2) is 89.9 Å². The zero-order valence-electron chi connectivity index (χ0n) is 49.9. The first-order valence-electron chi connectivity index (χ1n) is 29.8. The van der Waals surface area contributed by atoms with Crippen molar-refractivity contribution < 1.29 is 18.9 Å². The number of benzene rings is 2. The van der Waals surface area contributed by atoms with Crippen molar-refractivity contribution in [2.75, 3.05) is 26.2 Å². The van der Waals surface area contributed by atoms with Crippen molar-refractivity contribution >= 4 is 106 Å². The zero-order chi connectivity index (χ0) is 58.1. The summed E-state index contributed by atoms with van der Waals surface area (Å²) in [5.74, 6) is 2.15. The monoisotopic (exact) mass is 1240 g/mol. The molecule has 10 nitrogen and oxygen atoms in total. The lowest BCUT2D eigenvalue weighted by Gasteiger charge is -2.32. The van der Waals surface area contributed by atoms with Crippen molar-refractivity contribution in [1.29, 1.82) is 0 Å². The van der Waals surface area contributed by atoms with Crippen molar-refractivity contribution in [2.45, 2.75) is 171 Å². The summed E-state index contributed by atoms with van der Waals surface area (Å²) in [5.41, 5.74) is 10.2. The minimum Gasteiger partial charge on any atom is -0.399 e. The van der Waals surface area contributed by atoms with Gasteiger partial charge in [-0.15, -0.1) is 45.3 Å². The summed E-state index contributed by atoms with van der Waals surface area (Å²) in [6.45, 7) is 28.0. The fourth-order valence-corrected chi connectivity index (χ4v) is 16.2. The van der Waals surface area contributed by atoms with Crippen LogP contribution in [-0.2, 0) is 57.7 Å². The number of carbonyl (C=O) groups excluding carboxylic acids is 2. The van der Waals surface area contributed by atoms with Crippen LogP contribution in [-0.4, -0.2) is 85.8 Å². The zero-order valence-corrected chi connectivity index (χ0v) is 54.7. The quantitative estimate of drug-likeness (QED) is 0.0684. The third kappa shape index (κ3) is 15.2. The van der Waals surface area contributed by atoms with Crippen LogP contribution in [0.5, 0.6) is 0 Å². The number of thiazole rings is 2.